The Labute approximate surface area is 242 Å². The molecule has 220 valence electrons. The molecular weight excluding hydrogens is 572 g/mol. The number of aryl methyl sites for hydroxylation is 1. The van der Waals surface area contributed by atoms with E-state index in [0.29, 0.717) is 35.0 Å². The third kappa shape index (κ3) is 8.91. The molecule has 0 aliphatic rings. The third-order valence-electron chi connectivity index (χ3n) is 5.97. The van der Waals surface area contributed by atoms with Crippen LogP contribution >= 0.6 is 11.3 Å². The normalized spacial score (nSPS) is 10.9. The van der Waals surface area contributed by atoms with E-state index in [-0.39, 0.29) is 18.1 Å². The average Bonchev–Trinajstić information content (AvgIpc) is 3.44. The number of hydrogen-bond acceptors (Lipinski definition) is 10. The van der Waals surface area contributed by atoms with Crippen molar-refractivity contribution in [1.29, 1.82) is 0 Å². The Balaban J connectivity index is 1.79. The van der Waals surface area contributed by atoms with Crippen molar-refractivity contribution in [2.75, 3.05) is 33.8 Å². The number of carbonyl (C=O) groups is 3. The molecule has 12 nitrogen and oxygen atoms in total. The van der Waals surface area contributed by atoms with Crippen LogP contribution in [0.3, 0.4) is 0 Å². The van der Waals surface area contributed by atoms with Crippen molar-refractivity contribution in [1.82, 2.24) is 19.9 Å². The minimum atomic E-state index is -4.19. The van der Waals surface area contributed by atoms with Gasteiger partial charge in [0.1, 0.15) is 28.1 Å². The number of carbonyl (C=O) groups excluding carboxylic acids is 3. The van der Waals surface area contributed by atoms with Gasteiger partial charge in [0.05, 0.1) is 27.9 Å². The molecule has 3 rings (SSSR count). The van der Waals surface area contributed by atoms with Crippen LogP contribution in [0.5, 0.6) is 11.5 Å². The number of hydrogen-bond donors (Lipinski definition) is 2. The molecule has 2 N–H and O–H groups in total. The predicted molar refractivity (Wildman–Crippen MR) is 153 cm³/mol. The fraction of sp³-hybridized carbons (Fsp3) is 0.333. The van der Waals surface area contributed by atoms with E-state index in [2.05, 4.69) is 9.72 Å². The number of thiazole rings is 1. The number of nitrogens with one attached hydrogen (secondary N) is 2. The largest absolute Gasteiger partial charge is 0.496 e. The number of aromatic nitrogens is 1. The van der Waals surface area contributed by atoms with Gasteiger partial charge in [-0.05, 0) is 37.5 Å². The zero-order valence-corrected chi connectivity index (χ0v) is 24.8. The van der Waals surface area contributed by atoms with Crippen molar-refractivity contribution in [3.63, 3.8) is 0 Å². The number of ether oxygens (including phenoxy) is 3. The maximum Gasteiger partial charge on any atom is 0.407 e. The van der Waals surface area contributed by atoms with E-state index >= 15 is 0 Å². The lowest BCUT2D eigenvalue weighted by Crippen LogP contribution is -2.39. The van der Waals surface area contributed by atoms with Crippen molar-refractivity contribution < 1.29 is 37.0 Å². The summed E-state index contributed by atoms with van der Waals surface area (Å²) < 4.78 is 41.3. The van der Waals surface area contributed by atoms with E-state index in [0.717, 1.165) is 36.0 Å². The second-order valence-electron chi connectivity index (χ2n) is 8.81. The minimum Gasteiger partial charge on any atom is -0.496 e. The SMILES string of the molecule is COC(=O)NCS(=O)(=O)NC(=O)c1csc(CN(CCCc2ccccc2)C(=O)c2cc(OC)c(C)c(OC)c2)n1. The predicted octanol–water partition coefficient (Wildman–Crippen LogP) is 3.12. The van der Waals surface area contributed by atoms with Gasteiger partial charge in [-0.1, -0.05) is 30.3 Å². The van der Waals surface area contributed by atoms with E-state index in [9.17, 15) is 22.8 Å². The van der Waals surface area contributed by atoms with Gasteiger partial charge < -0.3 is 24.4 Å². The first-order chi connectivity index (χ1) is 19.6. The van der Waals surface area contributed by atoms with E-state index < -0.39 is 27.9 Å². The second-order valence-corrected chi connectivity index (χ2v) is 11.5. The van der Waals surface area contributed by atoms with Gasteiger partial charge in [-0.15, -0.1) is 11.3 Å². The minimum absolute atomic E-state index is 0.0841. The fourth-order valence-corrected chi connectivity index (χ4v) is 5.43. The molecule has 3 aromatic rings. The smallest absolute Gasteiger partial charge is 0.407 e. The van der Waals surface area contributed by atoms with Gasteiger partial charge in [-0.3, -0.25) is 9.59 Å². The van der Waals surface area contributed by atoms with Crippen LogP contribution in [-0.4, -0.2) is 70.0 Å². The first-order valence-corrected chi connectivity index (χ1v) is 15.0. The summed E-state index contributed by atoms with van der Waals surface area (Å²) in [6.45, 7) is 2.30. The number of rotatable bonds is 13. The van der Waals surface area contributed by atoms with E-state index in [4.69, 9.17) is 9.47 Å². The van der Waals surface area contributed by atoms with Gasteiger partial charge in [0.15, 0.2) is 0 Å². The molecule has 0 aliphatic carbocycles. The van der Waals surface area contributed by atoms with Crippen LogP contribution in [0.25, 0.3) is 0 Å². The maximum absolute atomic E-state index is 13.7. The van der Waals surface area contributed by atoms with Gasteiger partial charge in [-0.2, -0.15) is 0 Å². The molecule has 0 unspecified atom stereocenters. The van der Waals surface area contributed by atoms with E-state index in [1.807, 2.05) is 47.3 Å². The fourth-order valence-electron chi connectivity index (χ4n) is 3.87. The highest BCUT2D eigenvalue weighted by Gasteiger charge is 2.23. The van der Waals surface area contributed by atoms with Crippen molar-refractivity contribution in [2.45, 2.75) is 26.3 Å². The first kappa shape index (κ1) is 31.4. The van der Waals surface area contributed by atoms with Crippen molar-refractivity contribution in [3.8, 4) is 11.5 Å². The summed E-state index contributed by atoms with van der Waals surface area (Å²) in [5, 5.41) is 3.83. The Bertz CT molecular complexity index is 1450. The zero-order chi connectivity index (χ0) is 30.0. The number of benzene rings is 2. The van der Waals surface area contributed by atoms with E-state index in [1.54, 1.807) is 17.0 Å². The molecule has 14 heteroatoms. The molecule has 1 heterocycles. The monoisotopic (exact) mass is 604 g/mol. The molecule has 0 fully saturated rings. The molecule has 3 amide bonds. The molecule has 0 atom stereocenters. The van der Waals surface area contributed by atoms with Crippen molar-refractivity contribution in [2.24, 2.45) is 0 Å². The van der Waals surface area contributed by atoms with Crippen molar-refractivity contribution >= 4 is 39.3 Å². The van der Waals surface area contributed by atoms with Crippen molar-refractivity contribution in [3.05, 3.63) is 75.2 Å². The highest BCUT2D eigenvalue weighted by Crippen LogP contribution is 2.30. The third-order valence-corrected chi connectivity index (χ3v) is 7.83. The number of amides is 3. The van der Waals surface area contributed by atoms with Crippen LogP contribution in [0, 0.1) is 6.92 Å². The van der Waals surface area contributed by atoms with Gasteiger partial charge in [0.25, 0.3) is 21.8 Å². The summed E-state index contributed by atoms with van der Waals surface area (Å²) >= 11 is 1.11. The quantitative estimate of drug-likeness (QED) is 0.300. The van der Waals surface area contributed by atoms with Crippen LogP contribution in [-0.2, 0) is 27.7 Å². The Morgan fingerprint density at radius 1 is 1.02 bits per heavy atom. The molecule has 0 spiro atoms. The Morgan fingerprint density at radius 3 is 2.29 bits per heavy atom. The lowest BCUT2D eigenvalue weighted by atomic mass is 10.1. The van der Waals surface area contributed by atoms with E-state index in [1.165, 1.54) is 19.6 Å². The van der Waals surface area contributed by atoms with Crippen LogP contribution in [0.1, 0.15) is 43.4 Å². The molecule has 0 saturated heterocycles. The van der Waals surface area contributed by atoms with Crippen LogP contribution in [0.4, 0.5) is 4.79 Å². The van der Waals surface area contributed by atoms with Gasteiger partial charge in [-0.25, -0.2) is 22.9 Å². The summed E-state index contributed by atoms with van der Waals surface area (Å²) in [5.41, 5.74) is 2.12. The van der Waals surface area contributed by atoms with Gasteiger partial charge in [0.2, 0.25) is 0 Å². The maximum atomic E-state index is 13.7. The lowest BCUT2D eigenvalue weighted by Gasteiger charge is -2.23. The summed E-state index contributed by atoms with van der Waals surface area (Å²) in [6, 6.07) is 13.2. The highest BCUT2D eigenvalue weighted by atomic mass is 32.2. The topological polar surface area (TPSA) is 153 Å². The summed E-state index contributed by atoms with van der Waals surface area (Å²) in [6.07, 6.45) is 0.452. The van der Waals surface area contributed by atoms with Gasteiger partial charge >= 0.3 is 6.09 Å². The standard InChI is InChI=1S/C27H32N4O8S2/c1-18-22(37-2)13-20(14-23(18)38-3)26(33)31(12-8-11-19-9-6-5-7-10-19)15-24-29-21(16-40-24)25(32)30-41(35,36)17-28-27(34)39-4/h5-7,9-10,13-14,16H,8,11-12,15,17H2,1-4H3,(H,28,34)(H,30,32). The Morgan fingerprint density at radius 2 is 1.68 bits per heavy atom. The van der Waals surface area contributed by atoms with Gasteiger partial charge in [0, 0.05) is 23.1 Å². The van der Waals surface area contributed by atoms with Crippen LogP contribution < -0.4 is 19.5 Å². The first-order valence-electron chi connectivity index (χ1n) is 12.4. The van der Waals surface area contributed by atoms with Crippen LogP contribution in [0.15, 0.2) is 47.8 Å². The second kappa shape index (κ2) is 14.5. The average molecular weight is 605 g/mol. The number of sulfonamides is 1. The number of nitrogens with zero attached hydrogens (tertiary/aromatic N) is 2. The summed E-state index contributed by atoms with van der Waals surface area (Å²) in [7, 11) is -0.0747. The molecule has 41 heavy (non-hydrogen) atoms. The summed E-state index contributed by atoms with van der Waals surface area (Å²) in [5.74, 6) is -1.09. The molecule has 1 aromatic heterocycles. The van der Waals surface area contributed by atoms with Crippen LogP contribution in [0.2, 0.25) is 0 Å². The number of alkyl carbamates (subject to hydrolysis) is 1. The Hall–Kier alpha value is -4.17. The molecular formula is C27H32N4O8S2. The summed E-state index contributed by atoms with van der Waals surface area (Å²) in [4.78, 5) is 43.3. The zero-order valence-electron chi connectivity index (χ0n) is 23.1. The highest BCUT2D eigenvalue weighted by molar-refractivity contribution is 7.90. The molecule has 0 saturated carbocycles. The molecule has 0 radical (unpaired) electrons. The molecule has 0 bridgehead atoms. The molecule has 0 aliphatic heterocycles. The molecule has 2 aromatic carbocycles. The number of methoxy groups -OCH3 is 3. The Kier molecular flexibility index (Phi) is 11.1. The lowest BCUT2D eigenvalue weighted by molar-refractivity contribution is 0.0740.